The standard InChI is InChI=1S/C14H20N4O2/c1-18(11-5-3-2-4-6-11)14(19)12-8-7-10(9-16-12)13(15)17-20/h7-9,11,20H,2-6H2,1H3,(H2,15,17). The summed E-state index contributed by atoms with van der Waals surface area (Å²) in [6.45, 7) is 0. The van der Waals surface area contributed by atoms with E-state index >= 15 is 0 Å². The zero-order valence-corrected chi connectivity index (χ0v) is 11.6. The van der Waals surface area contributed by atoms with Gasteiger partial charge in [0.2, 0.25) is 0 Å². The summed E-state index contributed by atoms with van der Waals surface area (Å²) in [6.07, 6.45) is 7.17. The zero-order valence-electron chi connectivity index (χ0n) is 11.6. The molecular weight excluding hydrogens is 256 g/mol. The summed E-state index contributed by atoms with van der Waals surface area (Å²) >= 11 is 0. The lowest BCUT2D eigenvalue weighted by molar-refractivity contribution is 0.0690. The summed E-state index contributed by atoms with van der Waals surface area (Å²) in [5.41, 5.74) is 6.33. The molecule has 0 spiro atoms. The average Bonchev–Trinajstić information content (AvgIpc) is 2.53. The van der Waals surface area contributed by atoms with Crippen molar-refractivity contribution in [2.75, 3.05) is 7.05 Å². The summed E-state index contributed by atoms with van der Waals surface area (Å²) in [7, 11) is 1.83. The number of carbonyl (C=O) groups excluding carboxylic acids is 1. The van der Waals surface area contributed by atoms with Gasteiger partial charge in [-0.2, -0.15) is 0 Å². The summed E-state index contributed by atoms with van der Waals surface area (Å²) in [5, 5.41) is 11.5. The van der Waals surface area contributed by atoms with Crippen molar-refractivity contribution in [3.63, 3.8) is 0 Å². The van der Waals surface area contributed by atoms with Gasteiger partial charge in [0.1, 0.15) is 5.69 Å². The first-order chi connectivity index (χ1) is 9.63. The van der Waals surface area contributed by atoms with Crippen molar-refractivity contribution < 1.29 is 10.0 Å². The normalized spacial score (nSPS) is 16.9. The van der Waals surface area contributed by atoms with E-state index in [0.717, 1.165) is 12.8 Å². The number of nitrogens with two attached hydrogens (primary N) is 1. The van der Waals surface area contributed by atoms with Crippen LogP contribution >= 0.6 is 0 Å². The molecule has 6 heteroatoms. The van der Waals surface area contributed by atoms with Crippen LogP contribution in [0, 0.1) is 0 Å². The Balaban J connectivity index is 2.08. The molecule has 0 aromatic carbocycles. The second kappa shape index (κ2) is 6.36. The Morgan fingerprint density at radius 2 is 2.10 bits per heavy atom. The summed E-state index contributed by atoms with van der Waals surface area (Å²) in [4.78, 5) is 18.2. The minimum atomic E-state index is -0.0806. The maximum Gasteiger partial charge on any atom is 0.272 e. The van der Waals surface area contributed by atoms with E-state index in [2.05, 4.69) is 10.1 Å². The van der Waals surface area contributed by atoms with Gasteiger partial charge in [-0.3, -0.25) is 9.78 Å². The zero-order chi connectivity index (χ0) is 14.5. The molecule has 1 aromatic heterocycles. The summed E-state index contributed by atoms with van der Waals surface area (Å²) in [5.74, 6) is -0.0971. The predicted octanol–water partition coefficient (Wildman–Crippen LogP) is 1.58. The maximum atomic E-state index is 12.3. The van der Waals surface area contributed by atoms with Crippen LogP contribution in [0.3, 0.4) is 0 Å². The number of oxime groups is 1. The third-order valence-electron chi connectivity index (χ3n) is 3.83. The van der Waals surface area contributed by atoms with E-state index in [0.29, 0.717) is 17.3 Å². The second-order valence-corrected chi connectivity index (χ2v) is 5.13. The van der Waals surface area contributed by atoms with Crippen molar-refractivity contribution in [1.82, 2.24) is 9.88 Å². The number of nitrogens with zero attached hydrogens (tertiary/aromatic N) is 3. The van der Waals surface area contributed by atoms with Gasteiger partial charge >= 0.3 is 0 Å². The number of amides is 1. The van der Waals surface area contributed by atoms with E-state index < -0.39 is 0 Å². The Labute approximate surface area is 118 Å². The summed E-state index contributed by atoms with van der Waals surface area (Å²) < 4.78 is 0. The highest BCUT2D eigenvalue weighted by Crippen LogP contribution is 2.22. The van der Waals surface area contributed by atoms with Gasteiger partial charge < -0.3 is 15.8 Å². The van der Waals surface area contributed by atoms with Gasteiger partial charge in [-0.1, -0.05) is 24.4 Å². The molecule has 1 saturated carbocycles. The van der Waals surface area contributed by atoms with E-state index in [1.54, 1.807) is 17.0 Å². The van der Waals surface area contributed by atoms with Crippen molar-refractivity contribution in [3.8, 4) is 0 Å². The molecule has 0 atom stereocenters. The lowest BCUT2D eigenvalue weighted by Crippen LogP contribution is -2.38. The third-order valence-corrected chi connectivity index (χ3v) is 3.83. The van der Waals surface area contributed by atoms with Gasteiger partial charge in [-0.15, -0.1) is 0 Å². The number of hydrogen-bond donors (Lipinski definition) is 2. The molecule has 0 bridgehead atoms. The maximum absolute atomic E-state index is 12.3. The van der Waals surface area contributed by atoms with Gasteiger partial charge in [-0.05, 0) is 25.0 Å². The highest BCUT2D eigenvalue weighted by Gasteiger charge is 2.23. The summed E-state index contributed by atoms with van der Waals surface area (Å²) in [6, 6.07) is 3.54. The number of hydrogen-bond acceptors (Lipinski definition) is 4. The number of aromatic nitrogens is 1. The second-order valence-electron chi connectivity index (χ2n) is 5.13. The van der Waals surface area contributed by atoms with Crippen LogP contribution in [0.2, 0.25) is 0 Å². The number of rotatable bonds is 3. The largest absolute Gasteiger partial charge is 0.409 e. The van der Waals surface area contributed by atoms with Crippen LogP contribution in [0.4, 0.5) is 0 Å². The quantitative estimate of drug-likeness (QED) is 0.379. The topological polar surface area (TPSA) is 91.8 Å². The highest BCUT2D eigenvalue weighted by atomic mass is 16.4. The van der Waals surface area contributed by atoms with Crippen LogP contribution in [0.1, 0.15) is 48.2 Å². The van der Waals surface area contributed by atoms with Crippen molar-refractivity contribution >= 4 is 11.7 Å². The Bertz CT molecular complexity index is 492. The van der Waals surface area contributed by atoms with E-state index in [1.165, 1.54) is 25.5 Å². The highest BCUT2D eigenvalue weighted by molar-refractivity contribution is 5.98. The van der Waals surface area contributed by atoms with Crippen LogP contribution < -0.4 is 5.73 Å². The van der Waals surface area contributed by atoms with Gasteiger partial charge in [0.05, 0.1) is 0 Å². The number of amidine groups is 1. The molecule has 1 fully saturated rings. The lowest BCUT2D eigenvalue weighted by atomic mass is 9.94. The molecule has 1 aromatic rings. The van der Waals surface area contributed by atoms with Crippen molar-refractivity contribution in [1.29, 1.82) is 0 Å². The molecule has 1 aliphatic rings. The first-order valence-electron chi connectivity index (χ1n) is 6.84. The fourth-order valence-electron chi connectivity index (χ4n) is 2.54. The van der Waals surface area contributed by atoms with Crippen LogP contribution in [-0.2, 0) is 0 Å². The molecule has 1 aliphatic carbocycles. The number of pyridine rings is 1. The van der Waals surface area contributed by atoms with Crippen LogP contribution in [0.15, 0.2) is 23.5 Å². The van der Waals surface area contributed by atoms with Crippen LogP contribution in [-0.4, -0.2) is 39.9 Å². The molecule has 1 amide bonds. The molecule has 6 nitrogen and oxygen atoms in total. The molecule has 0 aliphatic heterocycles. The van der Waals surface area contributed by atoms with Gasteiger partial charge in [0, 0.05) is 24.8 Å². The monoisotopic (exact) mass is 276 g/mol. The average molecular weight is 276 g/mol. The molecule has 108 valence electrons. The van der Waals surface area contributed by atoms with Crippen molar-refractivity contribution in [3.05, 3.63) is 29.6 Å². The van der Waals surface area contributed by atoms with E-state index in [1.807, 2.05) is 7.05 Å². The smallest absolute Gasteiger partial charge is 0.272 e. The van der Waals surface area contributed by atoms with E-state index in [-0.39, 0.29) is 11.7 Å². The number of carbonyl (C=O) groups is 1. The third kappa shape index (κ3) is 3.07. The van der Waals surface area contributed by atoms with Gasteiger partial charge in [-0.25, -0.2) is 0 Å². The molecule has 0 radical (unpaired) electrons. The molecule has 3 N–H and O–H groups in total. The minimum Gasteiger partial charge on any atom is -0.409 e. The van der Waals surface area contributed by atoms with Gasteiger partial charge in [0.25, 0.3) is 5.91 Å². The van der Waals surface area contributed by atoms with Crippen LogP contribution in [0.25, 0.3) is 0 Å². The molecular formula is C14H20N4O2. The molecule has 1 heterocycles. The predicted molar refractivity (Wildman–Crippen MR) is 75.7 cm³/mol. The van der Waals surface area contributed by atoms with Crippen molar-refractivity contribution in [2.45, 2.75) is 38.1 Å². The fourth-order valence-corrected chi connectivity index (χ4v) is 2.54. The van der Waals surface area contributed by atoms with Gasteiger partial charge in [0.15, 0.2) is 5.84 Å². The molecule has 0 unspecified atom stereocenters. The first-order valence-corrected chi connectivity index (χ1v) is 6.84. The Hall–Kier alpha value is -2.11. The SMILES string of the molecule is CN(C(=O)c1ccc(C(N)=NO)cn1)C1CCCCC1. The van der Waals surface area contributed by atoms with E-state index in [4.69, 9.17) is 10.9 Å². The lowest BCUT2D eigenvalue weighted by Gasteiger charge is -2.31. The minimum absolute atomic E-state index is 0.0165. The Morgan fingerprint density at radius 1 is 1.40 bits per heavy atom. The molecule has 20 heavy (non-hydrogen) atoms. The molecule has 0 saturated heterocycles. The van der Waals surface area contributed by atoms with Crippen LogP contribution in [0.5, 0.6) is 0 Å². The molecule has 2 rings (SSSR count). The van der Waals surface area contributed by atoms with E-state index in [9.17, 15) is 4.79 Å². The fraction of sp³-hybridized carbons (Fsp3) is 0.500. The Kier molecular flexibility index (Phi) is 4.55. The first kappa shape index (κ1) is 14.3. The Morgan fingerprint density at radius 3 is 2.65 bits per heavy atom. The van der Waals surface area contributed by atoms with Crippen molar-refractivity contribution in [2.24, 2.45) is 10.9 Å².